The van der Waals surface area contributed by atoms with E-state index in [9.17, 15) is 14.9 Å². The average molecular weight is 506 g/mol. The van der Waals surface area contributed by atoms with Gasteiger partial charge in [0.15, 0.2) is 0 Å². The minimum Gasteiger partial charge on any atom is -0.310 e. The Hall–Kier alpha value is -3.44. The molecular formula is C26H21Cl2N5O2. The third-order valence-electron chi connectivity index (χ3n) is 6.83. The number of likely N-dealkylation sites (tertiary alicyclic amines) is 1. The normalized spacial score (nSPS) is 22.3. The maximum absolute atomic E-state index is 14.2. The smallest absolute Gasteiger partial charge is 0.310 e. The van der Waals surface area contributed by atoms with Crippen LogP contribution in [-0.2, 0) is 11.3 Å². The summed E-state index contributed by atoms with van der Waals surface area (Å²) in [5, 5.41) is 9.42. The topological polar surface area (TPSA) is 80.5 Å². The van der Waals surface area contributed by atoms with Crippen molar-refractivity contribution < 1.29 is 9.59 Å². The molecule has 9 heteroatoms. The zero-order valence-corrected chi connectivity index (χ0v) is 20.4. The van der Waals surface area contributed by atoms with Gasteiger partial charge in [-0.05, 0) is 35.4 Å². The van der Waals surface area contributed by atoms with Crippen LogP contribution in [-0.4, -0.2) is 52.4 Å². The molecule has 3 amide bonds. The molecule has 7 nitrogen and oxygen atoms in total. The second kappa shape index (κ2) is 8.97. The van der Waals surface area contributed by atoms with Crippen molar-refractivity contribution in [3.8, 4) is 6.07 Å². The number of nitriles is 1. The number of likely N-dealkylation sites (N-methyl/N-ethyl adjacent to an activating group) is 1. The summed E-state index contributed by atoms with van der Waals surface area (Å²) in [5.74, 6) is -0.647. The monoisotopic (exact) mass is 505 g/mol. The summed E-state index contributed by atoms with van der Waals surface area (Å²) in [7, 11) is 1.66. The Bertz CT molecular complexity index is 1320. The highest BCUT2D eigenvalue weighted by Crippen LogP contribution is 2.46. The third-order valence-corrected chi connectivity index (χ3v) is 7.22. The highest BCUT2D eigenvalue weighted by Gasteiger charge is 2.64. The fourth-order valence-electron chi connectivity index (χ4n) is 5.17. The van der Waals surface area contributed by atoms with Gasteiger partial charge in [-0.2, -0.15) is 5.26 Å². The van der Waals surface area contributed by atoms with Gasteiger partial charge in [0.05, 0.1) is 17.3 Å². The Labute approximate surface area is 213 Å². The second-order valence-corrected chi connectivity index (χ2v) is 9.59. The number of rotatable bonds is 4. The van der Waals surface area contributed by atoms with Crippen LogP contribution in [0, 0.1) is 11.3 Å². The first-order valence-electron chi connectivity index (χ1n) is 11.1. The van der Waals surface area contributed by atoms with Gasteiger partial charge in [-0.25, -0.2) is 14.7 Å². The van der Waals surface area contributed by atoms with Gasteiger partial charge < -0.3 is 4.90 Å². The van der Waals surface area contributed by atoms with Crippen molar-refractivity contribution in [3.05, 3.63) is 93.7 Å². The van der Waals surface area contributed by atoms with Crippen molar-refractivity contribution in [3.63, 3.8) is 0 Å². The molecule has 0 unspecified atom stereocenters. The van der Waals surface area contributed by atoms with Gasteiger partial charge in [-0.1, -0.05) is 65.7 Å². The van der Waals surface area contributed by atoms with E-state index in [0.29, 0.717) is 25.2 Å². The van der Waals surface area contributed by atoms with Gasteiger partial charge in [-0.3, -0.25) is 9.69 Å². The summed E-state index contributed by atoms with van der Waals surface area (Å²) >= 11 is 12.2. The van der Waals surface area contributed by atoms with E-state index in [2.05, 4.69) is 16.0 Å². The molecule has 1 spiro atoms. The van der Waals surface area contributed by atoms with E-state index in [-0.39, 0.29) is 27.8 Å². The highest BCUT2D eigenvalue weighted by molar-refractivity contribution is 6.33. The SMILES string of the molecule is CN1C(=O)N(c2cc(Cl)nc(Cl)c2)C(=O)[C@]12CN(Cc1ccccc1)C[C@@H]2c1ccc(C#N)cc1. The number of nitrogens with zero attached hydrogens (tertiary/aromatic N) is 5. The fraction of sp³-hybridized carbons (Fsp3) is 0.231. The average Bonchev–Trinajstić information content (AvgIpc) is 3.31. The van der Waals surface area contributed by atoms with Crippen LogP contribution in [0.1, 0.15) is 22.6 Å². The number of imide groups is 1. The minimum atomic E-state index is -1.14. The van der Waals surface area contributed by atoms with Crippen LogP contribution in [0.3, 0.4) is 0 Å². The summed E-state index contributed by atoms with van der Waals surface area (Å²) in [4.78, 5) is 36.5. The molecule has 2 aliphatic heterocycles. The molecule has 2 aliphatic rings. The quantitative estimate of drug-likeness (QED) is 0.379. The number of urea groups is 1. The lowest BCUT2D eigenvalue weighted by molar-refractivity contribution is -0.124. The van der Waals surface area contributed by atoms with E-state index in [1.165, 1.54) is 17.0 Å². The highest BCUT2D eigenvalue weighted by atomic mass is 35.5. The van der Waals surface area contributed by atoms with E-state index in [0.717, 1.165) is 16.0 Å². The fourth-order valence-corrected chi connectivity index (χ4v) is 5.62. The lowest BCUT2D eigenvalue weighted by atomic mass is 9.80. The molecule has 3 heterocycles. The number of hydrogen-bond donors (Lipinski definition) is 0. The van der Waals surface area contributed by atoms with Gasteiger partial charge in [0.1, 0.15) is 15.8 Å². The molecule has 2 aromatic carbocycles. The standard InChI is InChI=1S/C26H21Cl2N5O2/c1-31-25(35)33(20-11-22(27)30-23(28)12-20)24(34)26(31)16-32(14-18-5-3-2-4-6-18)15-21(26)19-9-7-17(13-29)8-10-19/h2-12,21H,14-16H2,1H3/t21-,26-/m1/s1. The number of anilines is 1. The van der Waals surface area contributed by atoms with Crippen molar-refractivity contribution in [1.82, 2.24) is 14.8 Å². The van der Waals surface area contributed by atoms with Gasteiger partial charge in [0.25, 0.3) is 5.91 Å². The molecule has 176 valence electrons. The Morgan fingerprint density at radius 3 is 2.34 bits per heavy atom. The first-order valence-corrected chi connectivity index (χ1v) is 11.8. The van der Waals surface area contributed by atoms with Crippen molar-refractivity contribution in [2.45, 2.75) is 18.0 Å². The molecule has 0 saturated carbocycles. The first kappa shape index (κ1) is 23.3. The van der Waals surface area contributed by atoms with Gasteiger partial charge >= 0.3 is 6.03 Å². The summed E-state index contributed by atoms with van der Waals surface area (Å²) in [6.07, 6.45) is 0. The molecule has 0 bridgehead atoms. The van der Waals surface area contributed by atoms with E-state index in [4.69, 9.17) is 23.2 Å². The summed E-state index contributed by atoms with van der Waals surface area (Å²) in [6, 6.07) is 21.8. The Morgan fingerprint density at radius 2 is 1.71 bits per heavy atom. The van der Waals surface area contributed by atoms with Crippen LogP contribution in [0.2, 0.25) is 10.3 Å². The van der Waals surface area contributed by atoms with Crippen LogP contribution in [0.25, 0.3) is 0 Å². The molecule has 0 radical (unpaired) electrons. The molecular weight excluding hydrogens is 485 g/mol. The van der Waals surface area contributed by atoms with Crippen molar-refractivity contribution in [2.75, 3.05) is 25.0 Å². The number of amides is 3. The van der Waals surface area contributed by atoms with Crippen molar-refractivity contribution >= 4 is 40.8 Å². The predicted molar refractivity (Wildman–Crippen MR) is 133 cm³/mol. The van der Waals surface area contributed by atoms with Crippen LogP contribution in [0.4, 0.5) is 10.5 Å². The lowest BCUT2D eigenvalue weighted by Gasteiger charge is -2.34. The second-order valence-electron chi connectivity index (χ2n) is 8.82. The van der Waals surface area contributed by atoms with E-state index >= 15 is 0 Å². The number of halogens is 2. The minimum absolute atomic E-state index is 0.0949. The number of carbonyl (C=O) groups is 2. The van der Waals surface area contributed by atoms with Crippen LogP contribution >= 0.6 is 23.2 Å². The predicted octanol–water partition coefficient (Wildman–Crippen LogP) is 4.70. The number of hydrogen-bond acceptors (Lipinski definition) is 5. The Morgan fingerprint density at radius 1 is 1.06 bits per heavy atom. The Balaban J connectivity index is 1.58. The molecule has 5 rings (SSSR count). The lowest BCUT2D eigenvalue weighted by Crippen LogP contribution is -2.53. The van der Waals surface area contributed by atoms with Crippen molar-refractivity contribution in [1.29, 1.82) is 5.26 Å². The van der Waals surface area contributed by atoms with E-state index < -0.39 is 11.6 Å². The number of carbonyl (C=O) groups excluding carboxylic acids is 2. The summed E-state index contributed by atoms with van der Waals surface area (Å²) < 4.78 is 0. The molecule has 2 atom stereocenters. The molecule has 0 N–H and O–H groups in total. The summed E-state index contributed by atoms with van der Waals surface area (Å²) in [6.45, 7) is 1.56. The largest absolute Gasteiger partial charge is 0.332 e. The molecule has 2 fully saturated rings. The molecule has 1 aromatic heterocycles. The zero-order valence-electron chi connectivity index (χ0n) is 18.9. The van der Waals surface area contributed by atoms with Crippen LogP contribution < -0.4 is 4.90 Å². The molecule has 0 aliphatic carbocycles. The number of benzene rings is 2. The maximum Gasteiger partial charge on any atom is 0.332 e. The summed E-state index contributed by atoms with van der Waals surface area (Å²) in [5.41, 5.74) is 1.69. The molecule has 3 aromatic rings. The maximum atomic E-state index is 14.2. The first-order chi connectivity index (χ1) is 16.8. The van der Waals surface area contributed by atoms with Gasteiger partial charge in [0, 0.05) is 32.6 Å². The molecule has 2 saturated heterocycles. The van der Waals surface area contributed by atoms with E-state index in [1.807, 2.05) is 42.5 Å². The molecule has 35 heavy (non-hydrogen) atoms. The van der Waals surface area contributed by atoms with E-state index in [1.54, 1.807) is 19.2 Å². The number of aromatic nitrogens is 1. The van der Waals surface area contributed by atoms with Crippen molar-refractivity contribution in [2.24, 2.45) is 0 Å². The van der Waals surface area contributed by atoms with Crippen LogP contribution in [0.5, 0.6) is 0 Å². The zero-order chi connectivity index (χ0) is 24.7. The number of pyridine rings is 1. The third kappa shape index (κ3) is 3.94. The van der Waals surface area contributed by atoms with Crippen LogP contribution in [0.15, 0.2) is 66.7 Å². The van der Waals surface area contributed by atoms with Gasteiger partial charge in [0.2, 0.25) is 0 Å². The van der Waals surface area contributed by atoms with Gasteiger partial charge in [-0.15, -0.1) is 0 Å². The Kier molecular flexibility index (Phi) is 5.97.